The SMILES string of the molecule is CC1NCCCC1NS(=O)(=O)c1ccc(Cl)cc1[N+](=O)[O-]. The van der Waals surface area contributed by atoms with Crippen LogP contribution in [-0.4, -0.2) is 32.0 Å². The predicted molar refractivity (Wildman–Crippen MR) is 78.9 cm³/mol. The highest BCUT2D eigenvalue weighted by Gasteiger charge is 2.31. The lowest BCUT2D eigenvalue weighted by atomic mass is 10.0. The number of hydrogen-bond donors (Lipinski definition) is 2. The van der Waals surface area contributed by atoms with Gasteiger partial charge < -0.3 is 5.32 Å². The zero-order valence-corrected chi connectivity index (χ0v) is 12.9. The lowest BCUT2D eigenvalue weighted by molar-refractivity contribution is -0.387. The Morgan fingerprint density at radius 2 is 2.19 bits per heavy atom. The molecule has 1 aliphatic rings. The maximum absolute atomic E-state index is 12.4. The first-order valence-corrected chi connectivity index (χ1v) is 8.37. The third kappa shape index (κ3) is 3.70. The molecule has 0 radical (unpaired) electrons. The van der Waals surface area contributed by atoms with Gasteiger partial charge in [0, 0.05) is 23.2 Å². The van der Waals surface area contributed by atoms with Crippen LogP contribution in [0.3, 0.4) is 0 Å². The standard InChI is InChI=1S/C12H16ClN3O4S/c1-8-10(3-2-6-14-8)15-21(19,20)12-5-4-9(13)7-11(12)16(17)18/h4-5,7-8,10,14-15H,2-3,6H2,1H3. The van der Waals surface area contributed by atoms with Crippen LogP contribution in [0, 0.1) is 10.1 Å². The van der Waals surface area contributed by atoms with E-state index in [1.165, 1.54) is 6.07 Å². The molecular weight excluding hydrogens is 318 g/mol. The van der Waals surface area contributed by atoms with Crippen LogP contribution in [0.5, 0.6) is 0 Å². The largest absolute Gasteiger partial charge is 0.313 e. The second-order valence-electron chi connectivity index (χ2n) is 4.98. The number of benzene rings is 1. The van der Waals surface area contributed by atoms with Crippen molar-refractivity contribution in [3.05, 3.63) is 33.3 Å². The molecule has 116 valence electrons. The molecule has 2 unspecified atom stereocenters. The minimum atomic E-state index is -3.98. The van der Waals surface area contributed by atoms with E-state index in [1.54, 1.807) is 0 Å². The van der Waals surface area contributed by atoms with E-state index in [9.17, 15) is 18.5 Å². The number of nitro benzene ring substituents is 1. The molecule has 2 rings (SSSR count). The summed E-state index contributed by atoms with van der Waals surface area (Å²) in [6.45, 7) is 2.71. The van der Waals surface area contributed by atoms with E-state index in [-0.39, 0.29) is 22.0 Å². The molecule has 1 aromatic rings. The fraction of sp³-hybridized carbons (Fsp3) is 0.500. The van der Waals surface area contributed by atoms with Crippen molar-refractivity contribution in [1.29, 1.82) is 0 Å². The van der Waals surface area contributed by atoms with Crippen molar-refractivity contribution in [2.45, 2.75) is 36.7 Å². The van der Waals surface area contributed by atoms with Crippen molar-refractivity contribution in [3.63, 3.8) is 0 Å². The summed E-state index contributed by atoms with van der Waals surface area (Å²) in [5.74, 6) is 0. The van der Waals surface area contributed by atoms with E-state index in [0.29, 0.717) is 6.42 Å². The molecule has 2 N–H and O–H groups in total. The van der Waals surface area contributed by atoms with Gasteiger partial charge in [-0.25, -0.2) is 13.1 Å². The van der Waals surface area contributed by atoms with E-state index in [1.807, 2.05) is 6.92 Å². The van der Waals surface area contributed by atoms with E-state index in [4.69, 9.17) is 11.6 Å². The van der Waals surface area contributed by atoms with Crippen molar-refractivity contribution in [1.82, 2.24) is 10.0 Å². The Balaban J connectivity index is 2.33. The number of rotatable bonds is 4. The fourth-order valence-electron chi connectivity index (χ4n) is 2.33. The van der Waals surface area contributed by atoms with Gasteiger partial charge in [-0.2, -0.15) is 0 Å². The van der Waals surface area contributed by atoms with Gasteiger partial charge in [-0.15, -0.1) is 0 Å². The topological polar surface area (TPSA) is 101 Å². The number of nitrogens with zero attached hydrogens (tertiary/aromatic N) is 1. The third-order valence-corrected chi connectivity index (χ3v) is 5.25. The molecule has 1 saturated heterocycles. The molecule has 9 heteroatoms. The predicted octanol–water partition coefficient (Wildman–Crippen LogP) is 1.67. The van der Waals surface area contributed by atoms with Crippen molar-refractivity contribution in [2.24, 2.45) is 0 Å². The van der Waals surface area contributed by atoms with Gasteiger partial charge in [0.25, 0.3) is 5.69 Å². The van der Waals surface area contributed by atoms with Gasteiger partial charge in [-0.3, -0.25) is 10.1 Å². The van der Waals surface area contributed by atoms with Gasteiger partial charge in [-0.05, 0) is 38.4 Å². The number of sulfonamides is 1. The minimum Gasteiger partial charge on any atom is -0.313 e. The van der Waals surface area contributed by atoms with Crippen LogP contribution in [-0.2, 0) is 10.0 Å². The Labute approximate surface area is 127 Å². The molecule has 0 aromatic heterocycles. The van der Waals surface area contributed by atoms with Crippen LogP contribution >= 0.6 is 11.6 Å². The van der Waals surface area contributed by atoms with Crippen LogP contribution in [0.15, 0.2) is 23.1 Å². The molecule has 0 aliphatic carbocycles. The lowest BCUT2D eigenvalue weighted by Gasteiger charge is -2.30. The quantitative estimate of drug-likeness (QED) is 0.644. The minimum absolute atomic E-state index is 0.0279. The maximum Gasteiger partial charge on any atom is 0.290 e. The lowest BCUT2D eigenvalue weighted by Crippen LogP contribution is -2.51. The van der Waals surface area contributed by atoms with Crippen LogP contribution in [0.2, 0.25) is 5.02 Å². The molecule has 21 heavy (non-hydrogen) atoms. The smallest absolute Gasteiger partial charge is 0.290 e. The van der Waals surface area contributed by atoms with Crippen LogP contribution in [0.25, 0.3) is 0 Å². The monoisotopic (exact) mass is 333 g/mol. The van der Waals surface area contributed by atoms with E-state index < -0.39 is 20.6 Å². The van der Waals surface area contributed by atoms with Crippen molar-refractivity contribution < 1.29 is 13.3 Å². The highest BCUT2D eigenvalue weighted by molar-refractivity contribution is 7.89. The Kier molecular flexibility index (Phi) is 4.82. The number of nitrogens with one attached hydrogen (secondary N) is 2. The molecule has 1 fully saturated rings. The van der Waals surface area contributed by atoms with Crippen molar-refractivity contribution >= 4 is 27.3 Å². The Hall–Kier alpha value is -1.22. The number of nitro groups is 1. The first kappa shape index (κ1) is 16.2. The van der Waals surface area contributed by atoms with E-state index >= 15 is 0 Å². The second-order valence-corrected chi connectivity index (χ2v) is 7.10. The fourth-order valence-corrected chi connectivity index (χ4v) is 4.00. The zero-order valence-electron chi connectivity index (χ0n) is 11.4. The molecule has 1 aliphatic heterocycles. The Bertz CT molecular complexity index is 650. The Morgan fingerprint density at radius 1 is 1.48 bits per heavy atom. The van der Waals surface area contributed by atoms with Crippen molar-refractivity contribution in [3.8, 4) is 0 Å². The average molecular weight is 334 g/mol. The van der Waals surface area contributed by atoms with Gasteiger partial charge in [0.15, 0.2) is 4.90 Å². The molecule has 1 aromatic carbocycles. The van der Waals surface area contributed by atoms with Crippen LogP contribution < -0.4 is 10.0 Å². The van der Waals surface area contributed by atoms with Crippen molar-refractivity contribution in [2.75, 3.05) is 6.54 Å². The highest BCUT2D eigenvalue weighted by atomic mass is 35.5. The highest BCUT2D eigenvalue weighted by Crippen LogP contribution is 2.27. The molecule has 0 saturated carbocycles. The van der Waals surface area contributed by atoms with Gasteiger partial charge in [0.05, 0.1) is 4.92 Å². The summed E-state index contributed by atoms with van der Waals surface area (Å²) in [6, 6.07) is 3.20. The maximum atomic E-state index is 12.4. The third-order valence-electron chi connectivity index (χ3n) is 3.48. The van der Waals surface area contributed by atoms with E-state index in [2.05, 4.69) is 10.0 Å². The van der Waals surface area contributed by atoms with Gasteiger partial charge in [0.2, 0.25) is 10.0 Å². The first-order chi connectivity index (χ1) is 9.81. The molecule has 0 spiro atoms. The van der Waals surface area contributed by atoms with Crippen LogP contribution in [0.1, 0.15) is 19.8 Å². The summed E-state index contributed by atoms with van der Waals surface area (Å²) < 4.78 is 27.3. The normalized spacial score (nSPS) is 23.0. The summed E-state index contributed by atoms with van der Waals surface area (Å²) in [5.41, 5.74) is -0.522. The number of halogens is 1. The summed E-state index contributed by atoms with van der Waals surface area (Å²) >= 11 is 5.70. The summed E-state index contributed by atoms with van der Waals surface area (Å²) in [7, 11) is -3.98. The average Bonchev–Trinajstić information content (AvgIpc) is 2.40. The van der Waals surface area contributed by atoms with Gasteiger partial charge >= 0.3 is 0 Å². The number of hydrogen-bond acceptors (Lipinski definition) is 5. The molecular formula is C12H16ClN3O4S. The summed E-state index contributed by atoms with van der Waals surface area (Å²) in [6.07, 6.45) is 1.54. The molecule has 0 bridgehead atoms. The van der Waals surface area contributed by atoms with Crippen LogP contribution in [0.4, 0.5) is 5.69 Å². The summed E-state index contributed by atoms with van der Waals surface area (Å²) in [5, 5.41) is 14.3. The van der Waals surface area contributed by atoms with Gasteiger partial charge in [0.1, 0.15) is 0 Å². The molecule has 2 atom stereocenters. The van der Waals surface area contributed by atoms with Gasteiger partial charge in [-0.1, -0.05) is 11.6 Å². The molecule has 1 heterocycles. The molecule has 7 nitrogen and oxygen atoms in total. The van der Waals surface area contributed by atoms with E-state index in [0.717, 1.165) is 25.1 Å². The first-order valence-electron chi connectivity index (χ1n) is 6.51. The summed E-state index contributed by atoms with van der Waals surface area (Å²) in [4.78, 5) is 9.91. The zero-order chi connectivity index (χ0) is 15.6. The number of piperidine rings is 1. The molecule has 0 amide bonds. The second kappa shape index (κ2) is 6.27. The Morgan fingerprint density at radius 3 is 2.81 bits per heavy atom.